The van der Waals surface area contributed by atoms with E-state index in [9.17, 15) is 4.39 Å². The summed E-state index contributed by atoms with van der Waals surface area (Å²) in [4.78, 5) is 0. The first-order valence-corrected chi connectivity index (χ1v) is 6.57. The summed E-state index contributed by atoms with van der Waals surface area (Å²) in [5.74, 6) is 1.39. The number of hydrogen-bond acceptors (Lipinski definition) is 3. The Balaban J connectivity index is 2.82. The third kappa shape index (κ3) is 5.47. The first kappa shape index (κ1) is 15.8. The van der Waals surface area contributed by atoms with Crippen LogP contribution in [0, 0.1) is 0 Å². The van der Waals surface area contributed by atoms with Gasteiger partial charge >= 0.3 is 0 Å². The van der Waals surface area contributed by atoms with Gasteiger partial charge in [0.15, 0.2) is 11.5 Å². The van der Waals surface area contributed by atoms with Crippen molar-refractivity contribution in [1.82, 2.24) is 5.32 Å². The number of methoxy groups -OCH3 is 1. The third-order valence-corrected chi connectivity index (χ3v) is 2.61. The normalized spacial score (nSPS) is 11.4. The zero-order valence-electron chi connectivity index (χ0n) is 12.3. The summed E-state index contributed by atoms with van der Waals surface area (Å²) in [5, 5.41) is 3.41. The number of para-hydroxylation sites is 1. The summed E-state index contributed by atoms with van der Waals surface area (Å²) >= 11 is 0. The van der Waals surface area contributed by atoms with Crippen LogP contribution in [0.5, 0.6) is 11.5 Å². The Morgan fingerprint density at radius 2 is 2.00 bits per heavy atom. The number of hydrogen-bond donors (Lipinski definition) is 1. The molecule has 0 radical (unpaired) electrons. The van der Waals surface area contributed by atoms with Gasteiger partial charge in [-0.1, -0.05) is 12.1 Å². The molecule has 0 aliphatic heterocycles. The van der Waals surface area contributed by atoms with Gasteiger partial charge in [0.25, 0.3) is 0 Å². The molecule has 0 aliphatic rings. The first-order chi connectivity index (χ1) is 8.98. The van der Waals surface area contributed by atoms with Gasteiger partial charge in [-0.05, 0) is 26.8 Å². The van der Waals surface area contributed by atoms with Crippen molar-refractivity contribution < 1.29 is 13.9 Å². The van der Waals surface area contributed by atoms with Crippen LogP contribution in [0.3, 0.4) is 0 Å². The molecule has 0 aliphatic carbocycles. The van der Waals surface area contributed by atoms with E-state index in [0.717, 1.165) is 5.56 Å². The fourth-order valence-corrected chi connectivity index (χ4v) is 1.61. The highest BCUT2D eigenvalue weighted by Crippen LogP contribution is 2.31. The van der Waals surface area contributed by atoms with Crippen LogP contribution in [0.25, 0.3) is 0 Å². The molecule has 0 atom stereocenters. The van der Waals surface area contributed by atoms with Gasteiger partial charge in [-0.2, -0.15) is 0 Å². The van der Waals surface area contributed by atoms with E-state index in [1.54, 1.807) is 7.11 Å². The zero-order chi connectivity index (χ0) is 14.3. The lowest BCUT2D eigenvalue weighted by Gasteiger charge is -2.22. The topological polar surface area (TPSA) is 30.5 Å². The van der Waals surface area contributed by atoms with Gasteiger partial charge in [-0.3, -0.25) is 4.39 Å². The molecule has 3 nitrogen and oxygen atoms in total. The Labute approximate surface area is 115 Å². The van der Waals surface area contributed by atoms with Crippen molar-refractivity contribution in [3.05, 3.63) is 23.8 Å². The van der Waals surface area contributed by atoms with E-state index in [4.69, 9.17) is 9.47 Å². The van der Waals surface area contributed by atoms with Crippen LogP contribution in [0.4, 0.5) is 4.39 Å². The molecule has 0 heterocycles. The second-order valence-corrected chi connectivity index (χ2v) is 5.44. The molecule has 0 aromatic heterocycles. The van der Waals surface area contributed by atoms with Gasteiger partial charge in [0.05, 0.1) is 20.4 Å². The quantitative estimate of drug-likeness (QED) is 0.770. The zero-order valence-corrected chi connectivity index (χ0v) is 12.3. The fraction of sp³-hybridized carbons (Fsp3) is 0.600. The average molecular weight is 269 g/mol. The predicted molar refractivity (Wildman–Crippen MR) is 75.7 cm³/mol. The van der Waals surface area contributed by atoms with Crippen molar-refractivity contribution >= 4 is 0 Å². The van der Waals surface area contributed by atoms with Crippen LogP contribution >= 0.6 is 0 Å². The molecule has 0 unspecified atom stereocenters. The van der Waals surface area contributed by atoms with E-state index in [-0.39, 0.29) is 12.2 Å². The molecule has 1 aromatic carbocycles. The molecule has 108 valence electrons. The maximum atomic E-state index is 12.2. The number of ether oxygens (including phenoxy) is 2. The van der Waals surface area contributed by atoms with E-state index in [1.807, 2.05) is 18.2 Å². The third-order valence-electron chi connectivity index (χ3n) is 2.61. The van der Waals surface area contributed by atoms with Gasteiger partial charge in [0, 0.05) is 24.1 Å². The SMILES string of the molecule is COc1cccc(CNC(C)(C)C)c1OCCCF. The molecule has 1 rings (SSSR count). The highest BCUT2D eigenvalue weighted by molar-refractivity contribution is 5.46. The highest BCUT2D eigenvalue weighted by Gasteiger charge is 2.14. The molecule has 4 heteroatoms. The number of benzene rings is 1. The molecule has 0 bridgehead atoms. The maximum Gasteiger partial charge on any atom is 0.165 e. The molecule has 1 N–H and O–H groups in total. The minimum absolute atomic E-state index is 0.0271. The predicted octanol–water partition coefficient (Wildman–Crippen LogP) is 3.32. The summed E-state index contributed by atoms with van der Waals surface area (Å²) in [6.45, 7) is 7.00. The Bertz CT molecular complexity index is 388. The monoisotopic (exact) mass is 269 g/mol. The number of halogens is 1. The Morgan fingerprint density at radius 3 is 2.58 bits per heavy atom. The van der Waals surface area contributed by atoms with E-state index in [2.05, 4.69) is 26.1 Å². The van der Waals surface area contributed by atoms with Crippen LogP contribution in [-0.2, 0) is 6.54 Å². The molecule has 19 heavy (non-hydrogen) atoms. The molecular formula is C15H24FNO2. The van der Waals surface area contributed by atoms with Gasteiger partial charge in [-0.25, -0.2) is 0 Å². The molecule has 0 amide bonds. The fourth-order valence-electron chi connectivity index (χ4n) is 1.61. The van der Waals surface area contributed by atoms with E-state index < -0.39 is 0 Å². The van der Waals surface area contributed by atoms with Crippen LogP contribution in [0.1, 0.15) is 32.8 Å². The van der Waals surface area contributed by atoms with Crippen LogP contribution < -0.4 is 14.8 Å². The Morgan fingerprint density at radius 1 is 1.26 bits per heavy atom. The van der Waals surface area contributed by atoms with E-state index in [1.165, 1.54) is 0 Å². The first-order valence-electron chi connectivity index (χ1n) is 6.57. The summed E-state index contributed by atoms with van der Waals surface area (Å²) in [6.07, 6.45) is 0.393. The highest BCUT2D eigenvalue weighted by atomic mass is 19.1. The molecule has 0 fully saturated rings. The van der Waals surface area contributed by atoms with Crippen LogP contribution in [-0.4, -0.2) is 25.9 Å². The van der Waals surface area contributed by atoms with Gasteiger partial charge in [0.2, 0.25) is 0 Å². The standard InChI is InChI=1S/C15H24FNO2/c1-15(2,3)17-11-12-7-5-8-13(18-4)14(12)19-10-6-9-16/h5,7-8,17H,6,9-11H2,1-4H3. The minimum atomic E-state index is -0.370. The largest absolute Gasteiger partial charge is 0.493 e. The second-order valence-electron chi connectivity index (χ2n) is 5.44. The smallest absolute Gasteiger partial charge is 0.165 e. The van der Waals surface area contributed by atoms with Crippen molar-refractivity contribution in [3.63, 3.8) is 0 Å². The second kappa shape index (κ2) is 7.34. The molecule has 0 saturated carbocycles. The molecule has 0 saturated heterocycles. The van der Waals surface area contributed by atoms with Crippen molar-refractivity contribution in [2.75, 3.05) is 20.4 Å². The van der Waals surface area contributed by atoms with E-state index >= 15 is 0 Å². The lowest BCUT2D eigenvalue weighted by Crippen LogP contribution is -2.35. The van der Waals surface area contributed by atoms with Gasteiger partial charge in [0.1, 0.15) is 0 Å². The van der Waals surface area contributed by atoms with Crippen molar-refractivity contribution in [2.45, 2.75) is 39.3 Å². The average Bonchev–Trinajstić information content (AvgIpc) is 2.36. The maximum absolute atomic E-state index is 12.2. The van der Waals surface area contributed by atoms with Crippen molar-refractivity contribution in [1.29, 1.82) is 0 Å². The number of rotatable bonds is 7. The van der Waals surface area contributed by atoms with Gasteiger partial charge in [-0.15, -0.1) is 0 Å². The Hall–Kier alpha value is -1.29. The van der Waals surface area contributed by atoms with Crippen molar-refractivity contribution in [2.24, 2.45) is 0 Å². The number of alkyl halides is 1. The summed E-state index contributed by atoms with van der Waals surface area (Å²) in [6, 6.07) is 5.78. The summed E-state index contributed by atoms with van der Waals surface area (Å²) < 4.78 is 23.1. The number of nitrogens with one attached hydrogen (secondary N) is 1. The van der Waals surface area contributed by atoms with Crippen LogP contribution in [0.2, 0.25) is 0 Å². The molecular weight excluding hydrogens is 245 g/mol. The Kier molecular flexibility index (Phi) is 6.09. The lowest BCUT2D eigenvalue weighted by atomic mass is 10.1. The van der Waals surface area contributed by atoms with Gasteiger partial charge < -0.3 is 14.8 Å². The summed E-state index contributed by atoms with van der Waals surface area (Å²) in [5.41, 5.74) is 1.05. The minimum Gasteiger partial charge on any atom is -0.493 e. The molecule has 1 aromatic rings. The van der Waals surface area contributed by atoms with Crippen LogP contribution in [0.15, 0.2) is 18.2 Å². The lowest BCUT2D eigenvalue weighted by molar-refractivity contribution is 0.269. The summed E-state index contributed by atoms with van der Waals surface area (Å²) in [7, 11) is 1.61. The van der Waals surface area contributed by atoms with E-state index in [0.29, 0.717) is 31.1 Å². The molecule has 0 spiro atoms. The van der Waals surface area contributed by atoms with Crippen molar-refractivity contribution in [3.8, 4) is 11.5 Å².